The second-order valence-corrected chi connectivity index (χ2v) is 4.24. The molecule has 0 fully saturated rings. The van der Waals surface area contributed by atoms with E-state index in [2.05, 4.69) is 6.07 Å². The van der Waals surface area contributed by atoms with Crippen LogP contribution < -0.4 is 0 Å². The van der Waals surface area contributed by atoms with E-state index in [-0.39, 0.29) is 11.6 Å². The van der Waals surface area contributed by atoms with Crippen molar-refractivity contribution in [3.63, 3.8) is 0 Å². The van der Waals surface area contributed by atoms with Crippen molar-refractivity contribution >= 4 is 5.69 Å². The Labute approximate surface area is 111 Å². The van der Waals surface area contributed by atoms with Crippen LogP contribution in [0.3, 0.4) is 0 Å². The summed E-state index contributed by atoms with van der Waals surface area (Å²) in [6.45, 7) is 1.84. The van der Waals surface area contributed by atoms with Crippen LogP contribution in [0.2, 0.25) is 0 Å². The molecule has 1 atom stereocenters. The molecule has 19 heavy (non-hydrogen) atoms. The summed E-state index contributed by atoms with van der Waals surface area (Å²) in [6, 6.07) is 16.2. The number of nitro benzene ring substituents is 1. The Bertz CT molecular complexity index is 642. The van der Waals surface area contributed by atoms with Crippen LogP contribution in [0.25, 0.3) is 11.1 Å². The molecule has 4 heteroatoms. The van der Waals surface area contributed by atoms with E-state index in [1.165, 1.54) is 12.1 Å². The summed E-state index contributed by atoms with van der Waals surface area (Å²) in [5.41, 5.74) is 2.81. The normalized spacial score (nSPS) is 11.6. The maximum Gasteiger partial charge on any atom is 0.269 e. The molecule has 0 saturated carbocycles. The average molecular weight is 252 g/mol. The van der Waals surface area contributed by atoms with E-state index in [1.807, 2.05) is 31.2 Å². The maximum absolute atomic E-state index is 10.6. The summed E-state index contributed by atoms with van der Waals surface area (Å²) in [5.74, 6) is -0.216. The van der Waals surface area contributed by atoms with Crippen molar-refractivity contribution in [3.8, 4) is 17.2 Å². The smallest absolute Gasteiger partial charge is 0.258 e. The zero-order valence-corrected chi connectivity index (χ0v) is 10.4. The molecule has 2 rings (SSSR count). The number of rotatable bonds is 3. The number of hydrogen-bond donors (Lipinski definition) is 0. The van der Waals surface area contributed by atoms with E-state index >= 15 is 0 Å². The van der Waals surface area contributed by atoms with Crippen LogP contribution >= 0.6 is 0 Å². The van der Waals surface area contributed by atoms with Crippen molar-refractivity contribution in [2.24, 2.45) is 0 Å². The lowest BCUT2D eigenvalue weighted by Gasteiger charge is -2.10. The van der Waals surface area contributed by atoms with Crippen LogP contribution in [-0.2, 0) is 0 Å². The van der Waals surface area contributed by atoms with Gasteiger partial charge in [-0.1, -0.05) is 24.3 Å². The molecule has 0 aliphatic rings. The minimum Gasteiger partial charge on any atom is -0.258 e. The number of nitrogens with zero attached hydrogens (tertiary/aromatic N) is 2. The SMILES string of the molecule is CC(C#N)c1ccccc1-c1ccc([N+](=O)[O-])cc1. The van der Waals surface area contributed by atoms with Crippen molar-refractivity contribution in [3.05, 3.63) is 64.2 Å². The molecule has 1 unspecified atom stereocenters. The Balaban J connectivity index is 2.48. The van der Waals surface area contributed by atoms with Crippen molar-refractivity contribution in [2.75, 3.05) is 0 Å². The summed E-state index contributed by atoms with van der Waals surface area (Å²) in [6.07, 6.45) is 0. The fraction of sp³-hybridized carbons (Fsp3) is 0.133. The summed E-state index contributed by atoms with van der Waals surface area (Å²) in [4.78, 5) is 10.2. The Kier molecular flexibility index (Phi) is 3.58. The molecule has 0 bridgehead atoms. The van der Waals surface area contributed by atoms with E-state index in [0.29, 0.717) is 0 Å². The highest BCUT2D eigenvalue weighted by atomic mass is 16.6. The second-order valence-electron chi connectivity index (χ2n) is 4.24. The van der Waals surface area contributed by atoms with E-state index in [4.69, 9.17) is 5.26 Å². The minimum atomic E-state index is -0.423. The summed E-state index contributed by atoms with van der Waals surface area (Å²) < 4.78 is 0. The topological polar surface area (TPSA) is 66.9 Å². The maximum atomic E-state index is 10.6. The molecule has 0 aliphatic heterocycles. The molecule has 4 nitrogen and oxygen atoms in total. The van der Waals surface area contributed by atoms with Crippen LogP contribution in [0.5, 0.6) is 0 Å². The van der Waals surface area contributed by atoms with Crippen molar-refractivity contribution in [1.82, 2.24) is 0 Å². The first-order valence-corrected chi connectivity index (χ1v) is 5.87. The molecule has 0 amide bonds. The fourth-order valence-corrected chi connectivity index (χ4v) is 1.97. The predicted octanol–water partition coefficient (Wildman–Crippen LogP) is 3.89. The summed E-state index contributed by atoms with van der Waals surface area (Å²) in [5, 5.41) is 19.7. The van der Waals surface area contributed by atoms with Gasteiger partial charge in [0.15, 0.2) is 0 Å². The van der Waals surface area contributed by atoms with Gasteiger partial charge in [0.1, 0.15) is 0 Å². The Morgan fingerprint density at radius 1 is 1.16 bits per heavy atom. The van der Waals surface area contributed by atoms with E-state index in [9.17, 15) is 10.1 Å². The highest BCUT2D eigenvalue weighted by molar-refractivity contribution is 5.69. The van der Waals surface area contributed by atoms with Crippen LogP contribution in [0.4, 0.5) is 5.69 Å². The van der Waals surface area contributed by atoms with Gasteiger partial charge in [-0.15, -0.1) is 0 Å². The van der Waals surface area contributed by atoms with Gasteiger partial charge >= 0.3 is 0 Å². The van der Waals surface area contributed by atoms with Gasteiger partial charge < -0.3 is 0 Å². The first-order chi connectivity index (χ1) is 9.13. The van der Waals surface area contributed by atoms with Crippen LogP contribution in [0.15, 0.2) is 48.5 Å². The van der Waals surface area contributed by atoms with Crippen molar-refractivity contribution in [2.45, 2.75) is 12.8 Å². The van der Waals surface area contributed by atoms with Crippen molar-refractivity contribution < 1.29 is 4.92 Å². The second kappa shape index (κ2) is 5.32. The van der Waals surface area contributed by atoms with Crippen molar-refractivity contribution in [1.29, 1.82) is 5.26 Å². The van der Waals surface area contributed by atoms with E-state index in [1.54, 1.807) is 12.1 Å². The molecule has 94 valence electrons. The molecule has 0 N–H and O–H groups in total. The van der Waals surface area contributed by atoms with Gasteiger partial charge in [-0.05, 0) is 35.7 Å². The minimum absolute atomic E-state index is 0.0644. The number of nitriles is 1. The third-order valence-electron chi connectivity index (χ3n) is 3.01. The van der Waals surface area contributed by atoms with Gasteiger partial charge in [0.25, 0.3) is 5.69 Å². The van der Waals surface area contributed by atoms with Gasteiger partial charge in [-0.2, -0.15) is 5.26 Å². The number of benzene rings is 2. The third kappa shape index (κ3) is 2.61. The lowest BCUT2D eigenvalue weighted by atomic mass is 9.92. The zero-order chi connectivity index (χ0) is 13.8. The number of hydrogen-bond acceptors (Lipinski definition) is 3. The summed E-state index contributed by atoms with van der Waals surface area (Å²) >= 11 is 0. The van der Waals surface area contributed by atoms with Crippen LogP contribution in [0.1, 0.15) is 18.4 Å². The zero-order valence-electron chi connectivity index (χ0n) is 10.4. The van der Waals surface area contributed by atoms with E-state index < -0.39 is 4.92 Å². The van der Waals surface area contributed by atoms with Gasteiger partial charge in [0.2, 0.25) is 0 Å². The standard InChI is InChI=1S/C15H12N2O2/c1-11(10-16)14-4-2-3-5-15(14)12-6-8-13(9-7-12)17(18)19/h2-9,11H,1H3. The highest BCUT2D eigenvalue weighted by Crippen LogP contribution is 2.29. The monoisotopic (exact) mass is 252 g/mol. The lowest BCUT2D eigenvalue weighted by molar-refractivity contribution is -0.384. The largest absolute Gasteiger partial charge is 0.269 e. The molecule has 2 aromatic rings. The molecular weight excluding hydrogens is 240 g/mol. The van der Waals surface area contributed by atoms with Gasteiger partial charge in [0, 0.05) is 12.1 Å². The van der Waals surface area contributed by atoms with Gasteiger partial charge in [-0.25, -0.2) is 0 Å². The Hall–Kier alpha value is -2.67. The summed E-state index contributed by atoms with van der Waals surface area (Å²) in [7, 11) is 0. The first kappa shape index (κ1) is 12.8. The molecule has 0 aliphatic carbocycles. The Morgan fingerprint density at radius 3 is 2.37 bits per heavy atom. The number of non-ortho nitro benzene ring substituents is 1. The number of nitro groups is 1. The van der Waals surface area contributed by atoms with Gasteiger partial charge in [-0.3, -0.25) is 10.1 Å². The molecule has 0 aromatic heterocycles. The first-order valence-electron chi connectivity index (χ1n) is 5.87. The molecule has 0 heterocycles. The van der Waals surface area contributed by atoms with Gasteiger partial charge in [0.05, 0.1) is 16.9 Å². The molecule has 0 saturated heterocycles. The molecular formula is C15H12N2O2. The van der Waals surface area contributed by atoms with Crippen LogP contribution in [0, 0.1) is 21.4 Å². The fourth-order valence-electron chi connectivity index (χ4n) is 1.97. The molecule has 0 radical (unpaired) electrons. The molecule has 0 spiro atoms. The van der Waals surface area contributed by atoms with Crippen LogP contribution in [-0.4, -0.2) is 4.92 Å². The molecule has 2 aromatic carbocycles. The average Bonchev–Trinajstić information content (AvgIpc) is 2.46. The lowest BCUT2D eigenvalue weighted by Crippen LogP contribution is -1.94. The third-order valence-corrected chi connectivity index (χ3v) is 3.01. The Morgan fingerprint density at radius 2 is 1.79 bits per heavy atom. The predicted molar refractivity (Wildman–Crippen MR) is 72.6 cm³/mol. The highest BCUT2D eigenvalue weighted by Gasteiger charge is 2.12. The van der Waals surface area contributed by atoms with E-state index in [0.717, 1.165) is 16.7 Å². The quantitative estimate of drug-likeness (QED) is 0.614.